The molecule has 0 aromatic rings. The first-order valence-corrected chi connectivity index (χ1v) is 7.47. The molecule has 0 fully saturated rings. The molecule has 0 rings (SSSR count). The van der Waals surface area contributed by atoms with Crippen molar-refractivity contribution in [1.82, 2.24) is 0 Å². The van der Waals surface area contributed by atoms with Crippen molar-refractivity contribution in [1.29, 1.82) is 0 Å². The first-order valence-electron chi connectivity index (χ1n) is 7.47. The van der Waals surface area contributed by atoms with Gasteiger partial charge in [-0.1, -0.05) is 52.0 Å². The fraction of sp³-hybridized carbons (Fsp3) is 0.812. The highest BCUT2D eigenvalue weighted by Gasteiger charge is 2.05. The SMILES string of the molecule is C=CCCCCCCCCC(C)COC(=O)CC. The highest BCUT2D eigenvalue weighted by molar-refractivity contribution is 5.68. The predicted molar refractivity (Wildman–Crippen MR) is 77.5 cm³/mol. The van der Waals surface area contributed by atoms with Crippen LogP contribution in [0.2, 0.25) is 0 Å². The zero-order valence-corrected chi connectivity index (χ0v) is 12.2. The van der Waals surface area contributed by atoms with Crippen LogP contribution in [0.25, 0.3) is 0 Å². The number of ether oxygens (including phenoxy) is 1. The van der Waals surface area contributed by atoms with Crippen molar-refractivity contribution in [3.05, 3.63) is 12.7 Å². The highest BCUT2D eigenvalue weighted by atomic mass is 16.5. The van der Waals surface area contributed by atoms with Gasteiger partial charge in [-0.3, -0.25) is 4.79 Å². The third-order valence-corrected chi connectivity index (χ3v) is 3.17. The molecule has 0 saturated carbocycles. The van der Waals surface area contributed by atoms with Gasteiger partial charge in [0.25, 0.3) is 0 Å². The number of hydrogen-bond donors (Lipinski definition) is 0. The second-order valence-corrected chi connectivity index (χ2v) is 5.13. The van der Waals surface area contributed by atoms with Gasteiger partial charge in [0.15, 0.2) is 0 Å². The van der Waals surface area contributed by atoms with Gasteiger partial charge < -0.3 is 4.74 Å². The van der Waals surface area contributed by atoms with Gasteiger partial charge in [-0.2, -0.15) is 0 Å². The molecule has 0 aliphatic heterocycles. The van der Waals surface area contributed by atoms with Crippen molar-refractivity contribution in [3.63, 3.8) is 0 Å². The Hall–Kier alpha value is -0.790. The Morgan fingerprint density at radius 3 is 2.39 bits per heavy atom. The van der Waals surface area contributed by atoms with E-state index in [0.29, 0.717) is 18.9 Å². The van der Waals surface area contributed by atoms with Crippen molar-refractivity contribution in [3.8, 4) is 0 Å². The van der Waals surface area contributed by atoms with Gasteiger partial charge in [0.2, 0.25) is 0 Å². The maximum atomic E-state index is 11.0. The number of rotatable bonds is 12. The van der Waals surface area contributed by atoms with Crippen molar-refractivity contribution in [2.75, 3.05) is 6.61 Å². The van der Waals surface area contributed by atoms with E-state index < -0.39 is 0 Å². The topological polar surface area (TPSA) is 26.3 Å². The quantitative estimate of drug-likeness (QED) is 0.282. The van der Waals surface area contributed by atoms with Crippen LogP contribution in [-0.4, -0.2) is 12.6 Å². The van der Waals surface area contributed by atoms with Crippen LogP contribution in [0.5, 0.6) is 0 Å². The summed E-state index contributed by atoms with van der Waals surface area (Å²) in [7, 11) is 0. The molecule has 0 bridgehead atoms. The Morgan fingerprint density at radius 2 is 1.78 bits per heavy atom. The van der Waals surface area contributed by atoms with Crippen LogP contribution < -0.4 is 0 Å². The molecule has 1 atom stereocenters. The van der Waals surface area contributed by atoms with Gasteiger partial charge in [0, 0.05) is 6.42 Å². The molecule has 1 unspecified atom stereocenters. The fourth-order valence-corrected chi connectivity index (χ4v) is 1.91. The zero-order chi connectivity index (χ0) is 13.6. The van der Waals surface area contributed by atoms with Crippen LogP contribution >= 0.6 is 0 Å². The Kier molecular flexibility index (Phi) is 12.1. The summed E-state index contributed by atoms with van der Waals surface area (Å²) in [5.74, 6) is 0.422. The Balaban J connectivity index is 3.22. The lowest BCUT2D eigenvalue weighted by Crippen LogP contribution is -2.10. The Morgan fingerprint density at radius 1 is 1.17 bits per heavy atom. The minimum absolute atomic E-state index is 0.0796. The molecule has 0 spiro atoms. The lowest BCUT2D eigenvalue weighted by molar-refractivity contribution is -0.144. The molecule has 0 aromatic carbocycles. The smallest absolute Gasteiger partial charge is 0.305 e. The van der Waals surface area contributed by atoms with E-state index in [-0.39, 0.29) is 5.97 Å². The second-order valence-electron chi connectivity index (χ2n) is 5.13. The summed E-state index contributed by atoms with van der Waals surface area (Å²) >= 11 is 0. The Bertz CT molecular complexity index is 211. The van der Waals surface area contributed by atoms with E-state index >= 15 is 0 Å². The predicted octanol–water partition coefficient (Wildman–Crippen LogP) is 4.88. The van der Waals surface area contributed by atoms with Crippen molar-refractivity contribution in [2.24, 2.45) is 5.92 Å². The largest absolute Gasteiger partial charge is 0.465 e. The summed E-state index contributed by atoms with van der Waals surface area (Å²) in [6, 6.07) is 0. The highest BCUT2D eigenvalue weighted by Crippen LogP contribution is 2.13. The number of carbonyl (C=O) groups is 1. The maximum absolute atomic E-state index is 11.0. The summed E-state index contributed by atoms with van der Waals surface area (Å²) in [6.07, 6.45) is 12.7. The van der Waals surface area contributed by atoms with Gasteiger partial charge >= 0.3 is 5.97 Å². The number of esters is 1. The summed E-state index contributed by atoms with van der Waals surface area (Å²) in [6.45, 7) is 8.31. The molecule has 106 valence electrons. The number of unbranched alkanes of at least 4 members (excludes halogenated alkanes) is 6. The molecule has 18 heavy (non-hydrogen) atoms. The minimum atomic E-state index is -0.0796. The normalized spacial score (nSPS) is 12.1. The maximum Gasteiger partial charge on any atom is 0.305 e. The van der Waals surface area contributed by atoms with E-state index in [2.05, 4.69) is 13.5 Å². The second kappa shape index (κ2) is 12.7. The summed E-state index contributed by atoms with van der Waals surface area (Å²) < 4.78 is 5.13. The van der Waals surface area contributed by atoms with Crippen molar-refractivity contribution >= 4 is 5.97 Å². The molecular formula is C16H30O2. The van der Waals surface area contributed by atoms with Crippen LogP contribution in [0, 0.1) is 5.92 Å². The van der Waals surface area contributed by atoms with E-state index in [4.69, 9.17) is 4.74 Å². The van der Waals surface area contributed by atoms with E-state index in [9.17, 15) is 4.79 Å². The van der Waals surface area contributed by atoms with Crippen molar-refractivity contribution in [2.45, 2.75) is 71.6 Å². The van der Waals surface area contributed by atoms with Crippen LogP contribution in [-0.2, 0) is 9.53 Å². The van der Waals surface area contributed by atoms with E-state index in [1.165, 1.54) is 44.9 Å². The van der Waals surface area contributed by atoms with E-state index in [1.807, 2.05) is 13.0 Å². The van der Waals surface area contributed by atoms with Crippen LogP contribution in [0.15, 0.2) is 12.7 Å². The minimum Gasteiger partial charge on any atom is -0.465 e. The standard InChI is InChI=1S/C16H30O2/c1-4-6-7-8-9-10-11-12-13-15(3)14-18-16(17)5-2/h4,15H,1,5-14H2,2-3H3. The van der Waals surface area contributed by atoms with Crippen LogP contribution in [0.3, 0.4) is 0 Å². The van der Waals surface area contributed by atoms with Gasteiger partial charge in [0.05, 0.1) is 6.61 Å². The first-order chi connectivity index (χ1) is 8.70. The molecule has 0 radical (unpaired) electrons. The number of carbonyl (C=O) groups excluding carboxylic acids is 1. The molecule has 0 saturated heterocycles. The van der Waals surface area contributed by atoms with Gasteiger partial charge in [-0.05, 0) is 25.2 Å². The molecule has 0 N–H and O–H groups in total. The van der Waals surface area contributed by atoms with Gasteiger partial charge in [0.1, 0.15) is 0 Å². The average molecular weight is 254 g/mol. The molecule has 0 heterocycles. The fourth-order valence-electron chi connectivity index (χ4n) is 1.91. The monoisotopic (exact) mass is 254 g/mol. The average Bonchev–Trinajstić information content (AvgIpc) is 2.39. The zero-order valence-electron chi connectivity index (χ0n) is 12.2. The molecule has 2 heteroatoms. The van der Waals surface area contributed by atoms with E-state index in [0.717, 1.165) is 6.42 Å². The van der Waals surface area contributed by atoms with Crippen LogP contribution in [0.4, 0.5) is 0 Å². The Labute approximate surface area is 113 Å². The van der Waals surface area contributed by atoms with Gasteiger partial charge in [-0.15, -0.1) is 6.58 Å². The molecule has 2 nitrogen and oxygen atoms in total. The number of hydrogen-bond acceptors (Lipinski definition) is 2. The third kappa shape index (κ3) is 11.7. The summed E-state index contributed by atoms with van der Waals surface area (Å²) in [5.41, 5.74) is 0. The molecule has 0 amide bonds. The van der Waals surface area contributed by atoms with E-state index in [1.54, 1.807) is 0 Å². The lowest BCUT2D eigenvalue weighted by atomic mass is 10.0. The number of allylic oxidation sites excluding steroid dienone is 1. The van der Waals surface area contributed by atoms with Gasteiger partial charge in [-0.25, -0.2) is 0 Å². The molecule has 0 aromatic heterocycles. The van der Waals surface area contributed by atoms with Crippen LogP contribution in [0.1, 0.15) is 71.6 Å². The first kappa shape index (κ1) is 17.2. The summed E-state index contributed by atoms with van der Waals surface area (Å²) in [4.78, 5) is 11.0. The lowest BCUT2D eigenvalue weighted by Gasteiger charge is -2.11. The molecular weight excluding hydrogens is 224 g/mol. The third-order valence-electron chi connectivity index (χ3n) is 3.17. The van der Waals surface area contributed by atoms with Crippen molar-refractivity contribution < 1.29 is 9.53 Å². The summed E-state index contributed by atoms with van der Waals surface area (Å²) in [5, 5.41) is 0. The molecule has 0 aliphatic carbocycles. The molecule has 0 aliphatic rings.